The topological polar surface area (TPSA) is 80.9 Å². The van der Waals surface area contributed by atoms with Crippen LogP contribution in [0.25, 0.3) is 0 Å². The van der Waals surface area contributed by atoms with Gasteiger partial charge in [0.1, 0.15) is 10.8 Å². The van der Waals surface area contributed by atoms with Gasteiger partial charge in [-0.15, -0.1) is 0 Å². The molecule has 0 bridgehead atoms. The molecule has 0 aliphatic carbocycles. The van der Waals surface area contributed by atoms with Crippen molar-refractivity contribution < 1.29 is 4.79 Å². The van der Waals surface area contributed by atoms with E-state index in [1.54, 1.807) is 0 Å². The number of nitrogens with two attached hydrogens (primary N) is 1. The Morgan fingerprint density at radius 3 is 3.00 bits per heavy atom. The second-order valence-corrected chi connectivity index (χ2v) is 3.01. The van der Waals surface area contributed by atoms with Crippen molar-refractivity contribution in [3.63, 3.8) is 0 Å². The molecule has 5 nitrogen and oxygen atoms in total. The number of aromatic nitrogens is 2. The van der Waals surface area contributed by atoms with Crippen LogP contribution in [0.3, 0.4) is 0 Å². The van der Waals surface area contributed by atoms with E-state index in [1.165, 1.54) is 12.4 Å². The van der Waals surface area contributed by atoms with Crippen LogP contribution in [0.15, 0.2) is 12.4 Å². The first-order chi connectivity index (χ1) is 6.74. The Labute approximate surface area is 86.7 Å². The maximum Gasteiger partial charge on any atom is 0.271 e. The molecule has 6 heteroatoms. The Bertz CT molecular complexity index is 318. The van der Waals surface area contributed by atoms with E-state index in [4.69, 9.17) is 17.3 Å². The largest absolute Gasteiger partial charge is 0.351 e. The Hall–Kier alpha value is -1.20. The van der Waals surface area contributed by atoms with Gasteiger partial charge in [-0.05, 0) is 13.0 Å². The molecule has 1 amide bonds. The Kier molecular flexibility index (Phi) is 4.28. The zero-order valence-corrected chi connectivity index (χ0v) is 8.29. The monoisotopic (exact) mass is 214 g/mol. The van der Waals surface area contributed by atoms with Crippen molar-refractivity contribution in [1.29, 1.82) is 0 Å². The fraction of sp³-hybridized carbons (Fsp3) is 0.375. The molecule has 0 aliphatic rings. The lowest BCUT2D eigenvalue weighted by Gasteiger charge is -2.02. The van der Waals surface area contributed by atoms with E-state index in [0.717, 1.165) is 6.42 Å². The van der Waals surface area contributed by atoms with E-state index in [9.17, 15) is 4.79 Å². The Morgan fingerprint density at radius 1 is 1.57 bits per heavy atom. The summed E-state index contributed by atoms with van der Waals surface area (Å²) in [6, 6.07) is 0. The lowest BCUT2D eigenvalue weighted by molar-refractivity contribution is 0.0948. The van der Waals surface area contributed by atoms with Gasteiger partial charge < -0.3 is 11.1 Å². The van der Waals surface area contributed by atoms with E-state index in [0.29, 0.717) is 13.1 Å². The molecule has 0 radical (unpaired) electrons. The molecule has 0 aromatic carbocycles. The molecule has 1 aromatic rings. The van der Waals surface area contributed by atoms with Crippen LogP contribution in [0, 0.1) is 0 Å². The van der Waals surface area contributed by atoms with Crippen LogP contribution in [0.2, 0.25) is 5.15 Å². The molecule has 0 aliphatic heterocycles. The lowest BCUT2D eigenvalue weighted by atomic mass is 10.4. The van der Waals surface area contributed by atoms with Crippen molar-refractivity contribution >= 4 is 17.5 Å². The van der Waals surface area contributed by atoms with Gasteiger partial charge in [-0.25, -0.2) is 4.98 Å². The van der Waals surface area contributed by atoms with Crippen molar-refractivity contribution in [2.45, 2.75) is 6.42 Å². The predicted octanol–water partition coefficient (Wildman–Crippen LogP) is 0.209. The average molecular weight is 215 g/mol. The number of rotatable bonds is 4. The fourth-order valence-corrected chi connectivity index (χ4v) is 0.994. The zero-order valence-electron chi connectivity index (χ0n) is 7.53. The summed E-state index contributed by atoms with van der Waals surface area (Å²) in [6.45, 7) is 1.07. The van der Waals surface area contributed by atoms with Crippen molar-refractivity contribution in [1.82, 2.24) is 15.3 Å². The number of halogens is 1. The summed E-state index contributed by atoms with van der Waals surface area (Å²) in [5.74, 6) is -0.284. The minimum absolute atomic E-state index is 0.205. The van der Waals surface area contributed by atoms with Crippen LogP contribution >= 0.6 is 11.6 Å². The number of hydrogen-bond acceptors (Lipinski definition) is 4. The molecule has 0 saturated heterocycles. The van der Waals surface area contributed by atoms with Crippen molar-refractivity contribution in [3.8, 4) is 0 Å². The van der Waals surface area contributed by atoms with Crippen molar-refractivity contribution in [3.05, 3.63) is 23.2 Å². The van der Waals surface area contributed by atoms with Crippen LogP contribution in [-0.4, -0.2) is 29.0 Å². The van der Waals surface area contributed by atoms with E-state index >= 15 is 0 Å². The first kappa shape index (κ1) is 10.9. The summed E-state index contributed by atoms with van der Waals surface area (Å²) >= 11 is 5.58. The second-order valence-electron chi connectivity index (χ2n) is 2.63. The minimum atomic E-state index is -0.284. The second kappa shape index (κ2) is 5.51. The summed E-state index contributed by atoms with van der Waals surface area (Å²) in [5.41, 5.74) is 5.49. The highest BCUT2D eigenvalue weighted by atomic mass is 35.5. The smallest absolute Gasteiger partial charge is 0.271 e. The van der Waals surface area contributed by atoms with Gasteiger partial charge in [0, 0.05) is 6.54 Å². The highest BCUT2D eigenvalue weighted by Gasteiger charge is 2.06. The van der Waals surface area contributed by atoms with Gasteiger partial charge in [-0.1, -0.05) is 11.6 Å². The highest BCUT2D eigenvalue weighted by Crippen LogP contribution is 2.01. The molecule has 1 heterocycles. The Balaban J connectivity index is 2.52. The van der Waals surface area contributed by atoms with Gasteiger partial charge in [-0.2, -0.15) is 0 Å². The molecule has 1 aromatic heterocycles. The number of amides is 1. The number of hydrogen-bond donors (Lipinski definition) is 2. The molecule has 76 valence electrons. The molecule has 1 rings (SSSR count). The molecule has 14 heavy (non-hydrogen) atoms. The highest BCUT2D eigenvalue weighted by molar-refractivity contribution is 6.29. The van der Waals surface area contributed by atoms with E-state index in [-0.39, 0.29) is 16.8 Å². The van der Waals surface area contributed by atoms with Crippen LogP contribution in [0.1, 0.15) is 16.9 Å². The molecule has 0 saturated carbocycles. The maximum atomic E-state index is 11.4. The van der Waals surface area contributed by atoms with Crippen molar-refractivity contribution in [2.24, 2.45) is 5.73 Å². The Morgan fingerprint density at radius 2 is 2.36 bits per heavy atom. The molecule has 0 spiro atoms. The summed E-state index contributed by atoms with van der Waals surface area (Å²) < 4.78 is 0. The third-order valence-corrected chi connectivity index (χ3v) is 1.69. The van der Waals surface area contributed by atoms with Crippen LogP contribution in [0.5, 0.6) is 0 Å². The molecular formula is C8H11ClN4O. The third-order valence-electron chi connectivity index (χ3n) is 1.50. The first-order valence-corrected chi connectivity index (χ1v) is 4.57. The summed E-state index contributed by atoms with van der Waals surface area (Å²) in [6.07, 6.45) is 3.47. The molecule has 0 atom stereocenters. The van der Waals surface area contributed by atoms with Crippen molar-refractivity contribution in [2.75, 3.05) is 13.1 Å². The normalized spacial score (nSPS) is 9.86. The molecule has 3 N–H and O–H groups in total. The standard InChI is InChI=1S/C8H11ClN4O/c9-7-5-11-4-6(13-7)8(14)12-3-1-2-10/h4-5H,1-3,10H2,(H,12,14). The van der Waals surface area contributed by atoms with Gasteiger partial charge in [0.25, 0.3) is 5.91 Å². The first-order valence-electron chi connectivity index (χ1n) is 4.20. The van der Waals surface area contributed by atoms with Crippen LogP contribution < -0.4 is 11.1 Å². The third kappa shape index (κ3) is 3.27. The maximum absolute atomic E-state index is 11.4. The lowest BCUT2D eigenvalue weighted by Crippen LogP contribution is -2.26. The van der Waals surface area contributed by atoms with Gasteiger partial charge in [0.15, 0.2) is 0 Å². The van der Waals surface area contributed by atoms with Crippen LogP contribution in [0.4, 0.5) is 0 Å². The summed E-state index contributed by atoms with van der Waals surface area (Å²) in [5, 5.41) is 2.85. The van der Waals surface area contributed by atoms with Gasteiger partial charge in [0.2, 0.25) is 0 Å². The van der Waals surface area contributed by atoms with E-state index < -0.39 is 0 Å². The zero-order chi connectivity index (χ0) is 10.4. The number of carbonyl (C=O) groups is 1. The molecule has 0 unspecified atom stereocenters. The van der Waals surface area contributed by atoms with E-state index in [2.05, 4.69) is 15.3 Å². The van der Waals surface area contributed by atoms with Crippen LogP contribution in [-0.2, 0) is 0 Å². The van der Waals surface area contributed by atoms with E-state index in [1.807, 2.05) is 0 Å². The summed E-state index contributed by atoms with van der Waals surface area (Å²) in [4.78, 5) is 18.9. The quantitative estimate of drug-likeness (QED) is 0.702. The fourth-order valence-electron chi connectivity index (χ4n) is 0.846. The molecule has 0 fully saturated rings. The molecular weight excluding hydrogens is 204 g/mol. The number of nitrogens with zero attached hydrogens (tertiary/aromatic N) is 2. The minimum Gasteiger partial charge on any atom is -0.351 e. The number of carbonyl (C=O) groups excluding carboxylic acids is 1. The average Bonchev–Trinajstić information content (AvgIpc) is 2.18. The van der Waals surface area contributed by atoms with Gasteiger partial charge in [-0.3, -0.25) is 9.78 Å². The predicted molar refractivity (Wildman–Crippen MR) is 53.0 cm³/mol. The summed E-state index contributed by atoms with van der Waals surface area (Å²) in [7, 11) is 0. The number of nitrogens with one attached hydrogen (secondary N) is 1. The SMILES string of the molecule is NCCCNC(=O)c1cncc(Cl)n1. The van der Waals surface area contributed by atoms with Gasteiger partial charge >= 0.3 is 0 Å². The van der Waals surface area contributed by atoms with Gasteiger partial charge in [0.05, 0.1) is 12.4 Å².